The first-order valence-electron chi connectivity index (χ1n) is 7.83. The highest BCUT2D eigenvalue weighted by molar-refractivity contribution is 6.01. The van der Waals surface area contributed by atoms with Gasteiger partial charge in [-0.15, -0.1) is 0 Å². The van der Waals surface area contributed by atoms with Gasteiger partial charge in [-0.25, -0.2) is 0 Å². The molecule has 1 heterocycles. The molecule has 2 aliphatic rings. The SMILES string of the molecule is CC1(C)CC2CC1(C)C(=O)N2C(=O)COCc1ccccc1. The molecule has 3 rings (SSSR count). The first kappa shape index (κ1) is 15.2. The number of piperidine rings is 1. The first-order valence-corrected chi connectivity index (χ1v) is 7.83. The number of rotatable bonds is 4. The Balaban J connectivity index is 1.59. The van der Waals surface area contributed by atoms with Crippen LogP contribution in [0.1, 0.15) is 39.2 Å². The number of carbonyl (C=O) groups excluding carboxylic acids is 2. The van der Waals surface area contributed by atoms with Crippen molar-refractivity contribution in [3.05, 3.63) is 35.9 Å². The molecule has 0 aromatic heterocycles. The van der Waals surface area contributed by atoms with Crippen LogP contribution in [0, 0.1) is 10.8 Å². The highest BCUT2D eigenvalue weighted by Gasteiger charge is 2.64. The molecule has 1 aromatic carbocycles. The lowest BCUT2D eigenvalue weighted by Gasteiger charge is -2.40. The molecule has 1 aromatic rings. The topological polar surface area (TPSA) is 46.6 Å². The van der Waals surface area contributed by atoms with Gasteiger partial charge in [-0.3, -0.25) is 14.5 Å². The van der Waals surface area contributed by atoms with Crippen LogP contribution in [0.3, 0.4) is 0 Å². The Kier molecular flexibility index (Phi) is 3.60. The molecule has 1 aliphatic carbocycles. The third-order valence-electron chi connectivity index (χ3n) is 5.55. The summed E-state index contributed by atoms with van der Waals surface area (Å²) in [5.74, 6) is -0.229. The summed E-state index contributed by atoms with van der Waals surface area (Å²) in [6, 6.07) is 9.77. The van der Waals surface area contributed by atoms with Gasteiger partial charge < -0.3 is 4.74 Å². The maximum atomic E-state index is 12.6. The summed E-state index contributed by atoms with van der Waals surface area (Å²) in [6.45, 7) is 6.60. The van der Waals surface area contributed by atoms with Gasteiger partial charge >= 0.3 is 0 Å². The average molecular weight is 301 g/mol. The molecule has 118 valence electrons. The van der Waals surface area contributed by atoms with E-state index < -0.39 is 5.41 Å². The minimum atomic E-state index is -0.410. The molecule has 2 bridgehead atoms. The molecule has 0 spiro atoms. The van der Waals surface area contributed by atoms with Crippen LogP contribution in [0.4, 0.5) is 0 Å². The fraction of sp³-hybridized carbons (Fsp3) is 0.556. The number of hydrogen-bond acceptors (Lipinski definition) is 3. The number of imide groups is 1. The third-order valence-corrected chi connectivity index (χ3v) is 5.55. The van der Waals surface area contributed by atoms with E-state index in [0.29, 0.717) is 6.61 Å². The lowest BCUT2D eigenvalue weighted by Crippen LogP contribution is -2.51. The second-order valence-electron chi connectivity index (χ2n) is 7.33. The van der Waals surface area contributed by atoms with Crippen molar-refractivity contribution in [2.45, 2.75) is 46.3 Å². The summed E-state index contributed by atoms with van der Waals surface area (Å²) in [5.41, 5.74) is 0.584. The minimum absolute atomic E-state index is 0.0259. The van der Waals surface area contributed by atoms with Crippen LogP contribution < -0.4 is 0 Å². The zero-order valence-corrected chi connectivity index (χ0v) is 13.5. The van der Waals surface area contributed by atoms with Crippen molar-refractivity contribution in [1.29, 1.82) is 0 Å². The van der Waals surface area contributed by atoms with Crippen molar-refractivity contribution in [2.75, 3.05) is 6.61 Å². The van der Waals surface area contributed by atoms with E-state index in [1.54, 1.807) is 0 Å². The van der Waals surface area contributed by atoms with E-state index in [1.165, 1.54) is 4.90 Å². The molecule has 2 atom stereocenters. The molecular weight excluding hydrogens is 278 g/mol. The Labute approximate surface area is 131 Å². The van der Waals surface area contributed by atoms with Gasteiger partial charge in [0.05, 0.1) is 12.0 Å². The average Bonchev–Trinajstić information content (AvgIpc) is 2.85. The van der Waals surface area contributed by atoms with Gasteiger partial charge in [-0.2, -0.15) is 0 Å². The lowest BCUT2D eigenvalue weighted by molar-refractivity contribution is -0.157. The number of ether oxygens (including phenoxy) is 1. The first-order chi connectivity index (χ1) is 10.3. The van der Waals surface area contributed by atoms with Gasteiger partial charge in [0.2, 0.25) is 5.91 Å². The largest absolute Gasteiger partial charge is 0.367 e. The normalized spacial score (nSPS) is 29.1. The summed E-state index contributed by atoms with van der Waals surface area (Å²) in [4.78, 5) is 26.5. The van der Waals surface area contributed by atoms with Gasteiger partial charge in [-0.1, -0.05) is 51.1 Å². The molecule has 1 aliphatic heterocycles. The Morgan fingerprint density at radius 1 is 1.23 bits per heavy atom. The van der Waals surface area contributed by atoms with Gasteiger partial charge in [0.25, 0.3) is 5.91 Å². The van der Waals surface area contributed by atoms with Crippen LogP contribution in [0.5, 0.6) is 0 Å². The smallest absolute Gasteiger partial charge is 0.255 e. The van der Waals surface area contributed by atoms with Crippen LogP contribution >= 0.6 is 0 Å². The van der Waals surface area contributed by atoms with Crippen LogP contribution in [0.15, 0.2) is 30.3 Å². The summed E-state index contributed by atoms with van der Waals surface area (Å²) >= 11 is 0. The number of nitrogens with zero attached hydrogens (tertiary/aromatic N) is 1. The van der Waals surface area contributed by atoms with Crippen molar-refractivity contribution in [1.82, 2.24) is 4.90 Å². The second-order valence-corrected chi connectivity index (χ2v) is 7.33. The number of likely N-dealkylation sites (tertiary alicyclic amines) is 1. The maximum Gasteiger partial charge on any atom is 0.255 e. The number of benzene rings is 1. The molecule has 4 heteroatoms. The Morgan fingerprint density at radius 2 is 1.91 bits per heavy atom. The molecule has 2 fully saturated rings. The molecule has 0 N–H and O–H groups in total. The summed E-state index contributed by atoms with van der Waals surface area (Å²) < 4.78 is 5.49. The van der Waals surface area contributed by atoms with E-state index in [0.717, 1.165) is 18.4 Å². The van der Waals surface area contributed by atoms with Crippen LogP contribution in [0.25, 0.3) is 0 Å². The number of hydrogen-bond donors (Lipinski definition) is 0. The van der Waals surface area contributed by atoms with E-state index in [9.17, 15) is 9.59 Å². The maximum absolute atomic E-state index is 12.6. The summed E-state index contributed by atoms with van der Waals surface area (Å²) in [7, 11) is 0. The molecule has 1 saturated carbocycles. The van der Waals surface area contributed by atoms with Crippen molar-refractivity contribution in [2.24, 2.45) is 10.8 Å². The van der Waals surface area contributed by atoms with Gasteiger partial charge in [0, 0.05) is 6.04 Å². The quantitative estimate of drug-likeness (QED) is 0.859. The Bertz CT molecular complexity index is 596. The van der Waals surface area contributed by atoms with Crippen molar-refractivity contribution in [3.8, 4) is 0 Å². The Morgan fingerprint density at radius 3 is 2.50 bits per heavy atom. The predicted molar refractivity (Wildman–Crippen MR) is 82.9 cm³/mol. The van der Waals surface area contributed by atoms with Crippen molar-refractivity contribution in [3.63, 3.8) is 0 Å². The van der Waals surface area contributed by atoms with E-state index >= 15 is 0 Å². The highest BCUT2D eigenvalue weighted by Crippen LogP contribution is 2.59. The van der Waals surface area contributed by atoms with E-state index in [1.807, 2.05) is 37.3 Å². The zero-order chi connectivity index (χ0) is 16.0. The molecular formula is C18H23NO3. The van der Waals surface area contributed by atoms with Crippen LogP contribution in [-0.2, 0) is 20.9 Å². The lowest BCUT2D eigenvalue weighted by atomic mass is 9.68. The Hall–Kier alpha value is -1.68. The molecule has 0 radical (unpaired) electrons. The summed E-state index contributed by atoms with van der Waals surface area (Å²) in [5, 5.41) is 0. The second kappa shape index (κ2) is 5.20. The monoisotopic (exact) mass is 301 g/mol. The van der Waals surface area contributed by atoms with Crippen molar-refractivity contribution < 1.29 is 14.3 Å². The van der Waals surface area contributed by atoms with Gasteiger partial charge in [0.1, 0.15) is 6.61 Å². The molecule has 2 amide bonds. The standard InChI is InChI=1S/C18H23NO3/c1-17(2)9-14-10-18(17,3)16(21)19(14)15(20)12-22-11-13-7-5-4-6-8-13/h4-8,14H,9-12H2,1-3H3. The predicted octanol–water partition coefficient (Wildman–Crippen LogP) is 2.77. The third kappa shape index (κ3) is 2.26. The zero-order valence-electron chi connectivity index (χ0n) is 13.5. The fourth-order valence-corrected chi connectivity index (χ4v) is 3.84. The van der Waals surface area contributed by atoms with Crippen molar-refractivity contribution >= 4 is 11.8 Å². The molecule has 1 saturated heterocycles. The van der Waals surface area contributed by atoms with E-state index in [2.05, 4.69) is 13.8 Å². The van der Waals surface area contributed by atoms with Crippen LogP contribution in [-0.4, -0.2) is 29.4 Å². The van der Waals surface area contributed by atoms with Gasteiger partial charge in [0.15, 0.2) is 0 Å². The molecule has 22 heavy (non-hydrogen) atoms. The number of fused-ring (bicyclic) bond motifs is 2. The van der Waals surface area contributed by atoms with Crippen LogP contribution in [0.2, 0.25) is 0 Å². The molecule has 2 unspecified atom stereocenters. The fourth-order valence-electron chi connectivity index (χ4n) is 3.84. The highest BCUT2D eigenvalue weighted by atomic mass is 16.5. The number of amides is 2. The number of carbonyl (C=O) groups is 2. The van der Waals surface area contributed by atoms with Gasteiger partial charge in [-0.05, 0) is 23.8 Å². The minimum Gasteiger partial charge on any atom is -0.367 e. The summed E-state index contributed by atoms with van der Waals surface area (Å²) in [6.07, 6.45) is 1.67. The van der Waals surface area contributed by atoms with E-state index in [4.69, 9.17) is 4.74 Å². The molecule has 4 nitrogen and oxygen atoms in total. The van der Waals surface area contributed by atoms with E-state index in [-0.39, 0.29) is 29.9 Å².